The number of fused-ring (bicyclic) bond motifs is 1. The SMILES string of the molecule is CO[C@@H]1CN(c2cccc(-c3cc(C)ccc3OCc3ccc4c(c3)CCN(C(=O)OC(C)(C)C)C4)n2)CC[C@@H]1C(=O)OC(C)(C)C. The third kappa shape index (κ3) is 8.83. The van der Waals surface area contributed by atoms with E-state index in [0.717, 1.165) is 45.9 Å². The van der Waals surface area contributed by atoms with Gasteiger partial charge in [-0.2, -0.15) is 0 Å². The van der Waals surface area contributed by atoms with Gasteiger partial charge in [-0.05, 0) is 102 Å². The van der Waals surface area contributed by atoms with Crippen LogP contribution in [0.4, 0.5) is 10.6 Å². The maximum absolute atomic E-state index is 12.9. The van der Waals surface area contributed by atoms with Crippen LogP contribution in [0.15, 0.2) is 54.6 Å². The molecule has 9 nitrogen and oxygen atoms in total. The number of pyridine rings is 1. The Hall–Kier alpha value is -4.11. The van der Waals surface area contributed by atoms with Gasteiger partial charge in [-0.3, -0.25) is 4.79 Å². The highest BCUT2D eigenvalue weighted by molar-refractivity contribution is 5.74. The topological polar surface area (TPSA) is 90.4 Å². The Morgan fingerprint density at radius 2 is 1.68 bits per heavy atom. The molecule has 0 saturated carbocycles. The lowest BCUT2D eigenvalue weighted by Gasteiger charge is -2.38. The molecule has 1 amide bonds. The summed E-state index contributed by atoms with van der Waals surface area (Å²) in [5, 5.41) is 0. The molecule has 1 saturated heterocycles. The molecule has 252 valence electrons. The van der Waals surface area contributed by atoms with Crippen molar-refractivity contribution in [1.82, 2.24) is 9.88 Å². The summed E-state index contributed by atoms with van der Waals surface area (Å²) in [6.45, 7) is 16.2. The fourth-order valence-corrected chi connectivity index (χ4v) is 6.07. The van der Waals surface area contributed by atoms with E-state index in [9.17, 15) is 9.59 Å². The van der Waals surface area contributed by atoms with Gasteiger partial charge in [-0.1, -0.05) is 35.9 Å². The van der Waals surface area contributed by atoms with Crippen molar-refractivity contribution < 1.29 is 28.5 Å². The first kappa shape index (κ1) is 34.2. The van der Waals surface area contributed by atoms with E-state index in [2.05, 4.69) is 36.1 Å². The Morgan fingerprint density at radius 1 is 0.915 bits per heavy atom. The molecule has 1 fully saturated rings. The number of carbonyl (C=O) groups excluding carboxylic acids is 2. The number of carbonyl (C=O) groups is 2. The normalized spacial score (nSPS) is 18.4. The number of methoxy groups -OCH3 is 1. The van der Waals surface area contributed by atoms with Gasteiger partial charge in [0, 0.05) is 38.9 Å². The third-order valence-electron chi connectivity index (χ3n) is 8.37. The Balaban J connectivity index is 1.27. The summed E-state index contributed by atoms with van der Waals surface area (Å²) in [5.41, 5.74) is 5.23. The molecule has 2 atom stereocenters. The van der Waals surface area contributed by atoms with E-state index in [-0.39, 0.29) is 24.1 Å². The molecule has 2 aromatic carbocycles. The summed E-state index contributed by atoms with van der Waals surface area (Å²) in [4.78, 5) is 34.5. The number of amides is 1. The highest BCUT2D eigenvalue weighted by atomic mass is 16.6. The monoisotopic (exact) mass is 643 g/mol. The number of rotatable bonds is 7. The fraction of sp³-hybridized carbons (Fsp3) is 0.500. The largest absolute Gasteiger partial charge is 0.488 e. The van der Waals surface area contributed by atoms with Crippen LogP contribution >= 0.6 is 0 Å². The molecule has 3 aromatic rings. The molecule has 0 bridgehead atoms. The molecule has 9 heteroatoms. The van der Waals surface area contributed by atoms with Crippen molar-refractivity contribution in [3.63, 3.8) is 0 Å². The van der Waals surface area contributed by atoms with Crippen molar-refractivity contribution in [2.24, 2.45) is 5.92 Å². The number of nitrogens with zero attached hydrogens (tertiary/aromatic N) is 3. The van der Waals surface area contributed by atoms with Gasteiger partial charge in [-0.25, -0.2) is 9.78 Å². The minimum atomic E-state index is -0.541. The number of aryl methyl sites for hydroxylation is 1. The molecule has 0 spiro atoms. The molecule has 47 heavy (non-hydrogen) atoms. The highest BCUT2D eigenvalue weighted by Crippen LogP contribution is 2.33. The first-order chi connectivity index (χ1) is 22.2. The summed E-state index contributed by atoms with van der Waals surface area (Å²) in [6, 6.07) is 18.5. The zero-order valence-electron chi connectivity index (χ0n) is 29.1. The fourth-order valence-electron chi connectivity index (χ4n) is 6.07. The van der Waals surface area contributed by atoms with Crippen LogP contribution in [-0.2, 0) is 38.6 Å². The predicted molar refractivity (Wildman–Crippen MR) is 182 cm³/mol. The summed E-state index contributed by atoms with van der Waals surface area (Å²) >= 11 is 0. The van der Waals surface area contributed by atoms with Gasteiger partial charge in [0.15, 0.2) is 0 Å². The minimum absolute atomic E-state index is 0.214. The second-order valence-electron chi connectivity index (χ2n) is 14.6. The molecular weight excluding hydrogens is 594 g/mol. The Morgan fingerprint density at radius 3 is 2.40 bits per heavy atom. The van der Waals surface area contributed by atoms with Gasteiger partial charge in [0.05, 0.1) is 17.7 Å². The number of hydrogen-bond acceptors (Lipinski definition) is 8. The summed E-state index contributed by atoms with van der Waals surface area (Å²) in [5.74, 6) is 1.05. The number of hydrogen-bond donors (Lipinski definition) is 0. The number of benzene rings is 2. The quantitative estimate of drug-likeness (QED) is 0.252. The number of ether oxygens (including phenoxy) is 4. The van der Waals surface area contributed by atoms with E-state index in [1.54, 1.807) is 12.0 Å². The third-order valence-corrected chi connectivity index (χ3v) is 8.37. The molecule has 3 heterocycles. The van der Waals surface area contributed by atoms with Crippen molar-refractivity contribution in [2.45, 2.75) is 91.8 Å². The van der Waals surface area contributed by atoms with Crippen LogP contribution in [0, 0.1) is 12.8 Å². The molecular formula is C38H49N3O6. The molecule has 2 aliphatic rings. The van der Waals surface area contributed by atoms with Crippen LogP contribution in [0.1, 0.15) is 70.2 Å². The van der Waals surface area contributed by atoms with Gasteiger partial charge < -0.3 is 28.7 Å². The molecule has 0 N–H and O–H groups in total. The number of esters is 1. The minimum Gasteiger partial charge on any atom is -0.488 e. The molecule has 0 radical (unpaired) electrons. The zero-order valence-corrected chi connectivity index (χ0v) is 29.1. The van der Waals surface area contributed by atoms with Crippen LogP contribution in [0.5, 0.6) is 5.75 Å². The number of aromatic nitrogens is 1. The lowest BCUT2D eigenvalue weighted by molar-refractivity contribution is -0.165. The maximum atomic E-state index is 12.9. The lowest BCUT2D eigenvalue weighted by Crippen LogP contribution is -2.49. The molecule has 5 rings (SSSR count). The second kappa shape index (κ2) is 13.9. The number of piperidine rings is 1. The van der Waals surface area contributed by atoms with E-state index in [1.807, 2.05) is 71.9 Å². The summed E-state index contributed by atoms with van der Waals surface area (Å²) < 4.78 is 23.4. The lowest BCUT2D eigenvalue weighted by atomic mass is 9.93. The van der Waals surface area contributed by atoms with Crippen molar-refractivity contribution in [2.75, 3.05) is 31.6 Å². The van der Waals surface area contributed by atoms with Crippen molar-refractivity contribution >= 4 is 17.9 Å². The standard InChI is InChI=1S/C38H49N3O6/c1-25-12-15-32(45-24-26-13-14-28-22-41(18-16-27(28)21-26)36(43)47-38(5,6)7)30(20-25)31-10-9-11-34(39-31)40-19-17-29(33(23-40)44-8)35(42)46-37(2,3)4/h9-15,20-21,29,33H,16-19,22-24H2,1-8H3/t29-,33+/m0/s1. The van der Waals surface area contributed by atoms with Crippen LogP contribution in [-0.4, -0.2) is 66.0 Å². The van der Waals surface area contributed by atoms with E-state index in [0.29, 0.717) is 39.2 Å². The molecule has 0 aliphatic carbocycles. The Kier molecular flexibility index (Phi) is 10.2. The van der Waals surface area contributed by atoms with E-state index >= 15 is 0 Å². The van der Waals surface area contributed by atoms with Gasteiger partial charge in [0.25, 0.3) is 0 Å². The molecule has 0 unspecified atom stereocenters. The summed E-state index contributed by atoms with van der Waals surface area (Å²) in [7, 11) is 1.65. The smallest absolute Gasteiger partial charge is 0.410 e. The van der Waals surface area contributed by atoms with Crippen molar-refractivity contribution in [1.29, 1.82) is 0 Å². The number of anilines is 1. The van der Waals surface area contributed by atoms with Gasteiger partial charge in [-0.15, -0.1) is 0 Å². The highest BCUT2D eigenvalue weighted by Gasteiger charge is 2.37. The second-order valence-corrected chi connectivity index (χ2v) is 14.6. The van der Waals surface area contributed by atoms with Crippen LogP contribution in [0.25, 0.3) is 11.3 Å². The van der Waals surface area contributed by atoms with Gasteiger partial charge >= 0.3 is 12.1 Å². The average molecular weight is 644 g/mol. The van der Waals surface area contributed by atoms with Gasteiger partial charge in [0.2, 0.25) is 0 Å². The van der Waals surface area contributed by atoms with Crippen molar-refractivity contribution in [3.05, 3.63) is 76.9 Å². The van der Waals surface area contributed by atoms with E-state index in [1.165, 1.54) is 5.56 Å². The van der Waals surface area contributed by atoms with Crippen LogP contribution < -0.4 is 9.64 Å². The Bertz CT molecular complexity index is 1590. The van der Waals surface area contributed by atoms with E-state index < -0.39 is 11.2 Å². The predicted octanol–water partition coefficient (Wildman–Crippen LogP) is 7.11. The van der Waals surface area contributed by atoms with E-state index in [4.69, 9.17) is 23.9 Å². The average Bonchev–Trinajstić information content (AvgIpc) is 3.02. The first-order valence-electron chi connectivity index (χ1n) is 16.5. The zero-order chi connectivity index (χ0) is 33.9. The molecule has 2 aliphatic heterocycles. The van der Waals surface area contributed by atoms with Crippen LogP contribution in [0.3, 0.4) is 0 Å². The summed E-state index contributed by atoms with van der Waals surface area (Å²) in [6.07, 6.45) is 0.828. The Labute approximate surface area is 279 Å². The van der Waals surface area contributed by atoms with Gasteiger partial charge in [0.1, 0.15) is 29.4 Å². The van der Waals surface area contributed by atoms with Crippen LogP contribution in [0.2, 0.25) is 0 Å². The van der Waals surface area contributed by atoms with Crippen molar-refractivity contribution in [3.8, 4) is 17.0 Å². The first-order valence-corrected chi connectivity index (χ1v) is 16.5. The maximum Gasteiger partial charge on any atom is 0.410 e. The molecule has 1 aromatic heterocycles.